The molecule has 0 amide bonds. The van der Waals surface area contributed by atoms with Gasteiger partial charge in [0.15, 0.2) is 11.6 Å². The predicted octanol–water partition coefficient (Wildman–Crippen LogP) is 13.7. The molecule has 0 saturated heterocycles. The summed E-state index contributed by atoms with van der Waals surface area (Å²) in [5.74, 6) is -0.226. The maximum Gasteiger partial charge on any atom is 0.196 e. The lowest BCUT2D eigenvalue weighted by molar-refractivity contribution is 0.0970. The van der Waals surface area contributed by atoms with Crippen molar-refractivity contribution in [3.8, 4) is 0 Å². The number of hydrogen-bond acceptors (Lipinski definition) is 6. The first-order chi connectivity index (χ1) is 24.9. The second kappa shape index (κ2) is 14.8. The van der Waals surface area contributed by atoms with E-state index in [1.807, 2.05) is 84.9 Å². The van der Waals surface area contributed by atoms with Crippen LogP contribution in [0, 0.1) is 0 Å². The second-order valence-corrected chi connectivity index (χ2v) is 19.3. The molecule has 0 unspecified atom stereocenters. The van der Waals surface area contributed by atoms with Crippen molar-refractivity contribution in [3.05, 3.63) is 167 Å². The van der Waals surface area contributed by atoms with Crippen molar-refractivity contribution < 1.29 is 9.59 Å². The zero-order valence-electron chi connectivity index (χ0n) is 30.2. The average molecular weight is 753 g/mol. The zero-order valence-corrected chi connectivity index (χ0v) is 33.4. The Bertz CT molecular complexity index is 2100. The zero-order chi connectivity index (χ0) is 36.6. The molecule has 2 nitrogen and oxygen atoms in total. The second-order valence-electron chi connectivity index (χ2n) is 14.9. The molecule has 260 valence electrons. The molecule has 0 aliphatic heterocycles. The summed E-state index contributed by atoms with van der Waals surface area (Å²) in [5, 5.41) is 0. The Balaban J connectivity index is 1.39. The van der Waals surface area contributed by atoms with Gasteiger partial charge in [-0.1, -0.05) is 149 Å². The van der Waals surface area contributed by atoms with Crippen molar-refractivity contribution in [1.82, 2.24) is 0 Å². The quantitative estimate of drug-likeness (QED) is 0.154. The van der Waals surface area contributed by atoms with E-state index in [2.05, 4.69) is 90.1 Å². The van der Waals surface area contributed by atoms with Crippen LogP contribution in [0.15, 0.2) is 173 Å². The molecule has 0 spiro atoms. The van der Waals surface area contributed by atoms with Gasteiger partial charge in [-0.25, -0.2) is 0 Å². The first-order valence-corrected chi connectivity index (χ1v) is 20.6. The summed E-state index contributed by atoms with van der Waals surface area (Å²) in [6.07, 6.45) is 0. The van der Waals surface area contributed by atoms with Gasteiger partial charge >= 0.3 is 0 Å². The highest BCUT2D eigenvalue weighted by atomic mass is 32.2. The third-order valence-electron chi connectivity index (χ3n) is 9.00. The smallest absolute Gasteiger partial charge is 0.196 e. The molecule has 0 N–H and O–H groups in total. The van der Waals surface area contributed by atoms with Crippen LogP contribution in [-0.4, -0.2) is 11.6 Å². The Kier molecular flexibility index (Phi) is 10.4. The minimum atomic E-state index is -0.113. The highest BCUT2D eigenvalue weighted by Gasteiger charge is 2.38. The summed E-state index contributed by atoms with van der Waals surface area (Å²) in [7, 11) is 0. The van der Waals surface area contributed by atoms with Gasteiger partial charge in [0, 0.05) is 61.4 Å². The van der Waals surface area contributed by atoms with Gasteiger partial charge in [-0.2, -0.15) is 0 Å². The minimum Gasteiger partial charge on any atom is -0.288 e. The summed E-state index contributed by atoms with van der Waals surface area (Å²) < 4.78 is 0. The van der Waals surface area contributed by atoms with Crippen molar-refractivity contribution in [2.75, 3.05) is 0 Å². The van der Waals surface area contributed by atoms with Crippen LogP contribution < -0.4 is 0 Å². The Labute approximate surface area is 324 Å². The molecule has 0 aromatic heterocycles. The van der Waals surface area contributed by atoms with Crippen LogP contribution in [0.4, 0.5) is 0 Å². The third kappa shape index (κ3) is 7.72. The highest BCUT2D eigenvalue weighted by Crippen LogP contribution is 2.48. The average Bonchev–Trinajstić information content (AvgIpc) is 3.12. The van der Waals surface area contributed by atoms with E-state index in [4.69, 9.17) is 0 Å². The fourth-order valence-corrected chi connectivity index (χ4v) is 10.0. The van der Waals surface area contributed by atoms with E-state index in [9.17, 15) is 0 Å². The van der Waals surface area contributed by atoms with Gasteiger partial charge in [0.1, 0.15) is 0 Å². The largest absolute Gasteiger partial charge is 0.288 e. The van der Waals surface area contributed by atoms with Crippen LogP contribution in [0.5, 0.6) is 0 Å². The van der Waals surface area contributed by atoms with E-state index in [1.54, 1.807) is 23.5 Å². The van der Waals surface area contributed by atoms with E-state index < -0.39 is 0 Å². The van der Waals surface area contributed by atoms with Crippen molar-refractivity contribution in [2.45, 2.75) is 91.5 Å². The fourth-order valence-electron chi connectivity index (χ4n) is 6.15. The van der Waals surface area contributed by atoms with Gasteiger partial charge in [0.25, 0.3) is 0 Å². The van der Waals surface area contributed by atoms with Crippen LogP contribution >= 0.6 is 47.0 Å². The number of ketones is 2. The lowest BCUT2D eigenvalue weighted by Gasteiger charge is -2.26. The van der Waals surface area contributed by atoms with Crippen LogP contribution in [0.3, 0.4) is 0 Å². The van der Waals surface area contributed by atoms with Crippen LogP contribution in [0.25, 0.3) is 0 Å². The number of carbonyl (C=O) groups excluding carboxylic acids is 2. The van der Waals surface area contributed by atoms with Crippen LogP contribution in [-0.2, 0) is 10.8 Å². The molecule has 0 bridgehead atoms. The Morgan fingerprint density at radius 3 is 0.827 bits per heavy atom. The lowest BCUT2D eigenvalue weighted by Crippen LogP contribution is -2.24. The molecule has 6 heteroatoms. The standard InChI is InChI=1S/C46H40O2S4/c1-45(2,3)29-17-21-33(22-18-29)51-37-27-28-38(52-34-23-19-30(20-24-34)46(4,5)6)42-41(37)43(47)39-35(49-31-13-9-7-10-14-31)25-26-36(40(39)44(42)48)50-32-15-11-8-12-16-32/h7-28H,1-6H3. The van der Waals surface area contributed by atoms with Crippen molar-refractivity contribution in [3.63, 3.8) is 0 Å². The van der Waals surface area contributed by atoms with Crippen LogP contribution in [0.1, 0.15) is 84.5 Å². The molecule has 6 aromatic carbocycles. The van der Waals surface area contributed by atoms with Gasteiger partial charge in [0.2, 0.25) is 0 Å². The third-order valence-corrected chi connectivity index (χ3v) is 13.3. The van der Waals surface area contributed by atoms with Crippen molar-refractivity contribution >= 4 is 58.6 Å². The molecule has 0 saturated carbocycles. The van der Waals surface area contributed by atoms with Gasteiger partial charge in [-0.15, -0.1) is 0 Å². The summed E-state index contributed by atoms with van der Waals surface area (Å²) in [6.45, 7) is 13.2. The Hall–Kier alpha value is -3.94. The summed E-state index contributed by atoms with van der Waals surface area (Å²) in [4.78, 5) is 37.6. The summed E-state index contributed by atoms with van der Waals surface area (Å²) in [5.41, 5.74) is 4.47. The Morgan fingerprint density at radius 1 is 0.327 bits per heavy atom. The molecule has 0 fully saturated rings. The molecule has 52 heavy (non-hydrogen) atoms. The van der Waals surface area contributed by atoms with Crippen molar-refractivity contribution in [1.29, 1.82) is 0 Å². The first-order valence-electron chi connectivity index (χ1n) is 17.3. The number of benzene rings is 6. The van der Waals surface area contributed by atoms with E-state index in [0.29, 0.717) is 22.3 Å². The monoisotopic (exact) mass is 752 g/mol. The van der Waals surface area contributed by atoms with Crippen molar-refractivity contribution in [2.24, 2.45) is 0 Å². The first kappa shape index (κ1) is 36.4. The SMILES string of the molecule is CC(C)(C)c1ccc(Sc2ccc(Sc3ccc(C(C)(C)C)cc3)c3c2C(=O)c2c(Sc4ccccc4)ccc(Sc4ccccc4)c2C3=O)cc1. The van der Waals surface area contributed by atoms with Gasteiger partial charge in [-0.3, -0.25) is 9.59 Å². The van der Waals surface area contributed by atoms with E-state index in [0.717, 1.165) is 39.2 Å². The van der Waals surface area contributed by atoms with E-state index >= 15 is 9.59 Å². The number of hydrogen-bond donors (Lipinski definition) is 0. The topological polar surface area (TPSA) is 34.1 Å². The fraction of sp³-hybridized carbons (Fsp3) is 0.174. The Morgan fingerprint density at radius 2 is 0.577 bits per heavy atom. The number of rotatable bonds is 8. The molecule has 6 aromatic rings. The predicted molar refractivity (Wildman–Crippen MR) is 219 cm³/mol. The maximum absolute atomic E-state index is 15.2. The number of fused-ring (bicyclic) bond motifs is 2. The molecular weight excluding hydrogens is 713 g/mol. The van der Waals surface area contributed by atoms with Gasteiger partial charge in [0.05, 0.1) is 0 Å². The molecule has 7 rings (SSSR count). The molecule has 1 aliphatic rings. The molecule has 0 heterocycles. The normalized spacial score (nSPS) is 12.8. The highest BCUT2D eigenvalue weighted by molar-refractivity contribution is 8.00. The molecule has 1 aliphatic carbocycles. The lowest BCUT2D eigenvalue weighted by atomic mass is 9.84. The molecule has 0 radical (unpaired) electrons. The van der Waals surface area contributed by atoms with Gasteiger partial charge < -0.3 is 0 Å². The number of carbonyl (C=O) groups is 2. The summed E-state index contributed by atoms with van der Waals surface area (Å²) in [6, 6.07) is 45.2. The summed E-state index contributed by atoms with van der Waals surface area (Å²) >= 11 is 6.14. The van der Waals surface area contributed by atoms with Crippen LogP contribution in [0.2, 0.25) is 0 Å². The van der Waals surface area contributed by atoms with E-state index in [1.165, 1.54) is 34.7 Å². The molecule has 0 atom stereocenters. The molecular formula is C46H40O2S4. The van der Waals surface area contributed by atoms with E-state index in [-0.39, 0.29) is 22.4 Å². The minimum absolute atomic E-state index is 0.0285. The maximum atomic E-state index is 15.2. The van der Waals surface area contributed by atoms with Gasteiger partial charge in [-0.05, 0) is 94.8 Å².